The van der Waals surface area contributed by atoms with Gasteiger partial charge in [0.15, 0.2) is 5.13 Å². The number of pyridine rings is 1. The summed E-state index contributed by atoms with van der Waals surface area (Å²) >= 11 is 1.58. The highest BCUT2D eigenvalue weighted by Crippen LogP contribution is 2.34. The standard InChI is InChI=1S/C29H33N5O2S/c1-3-21-12-13-23(25-19-37-29(34-25)33-18-22-9-6-14-32-17-22)27(16-21)36-20(2)8-7-15-35-26-11-5-4-10-24(26)28(30)31/h4-6,9-14,16-17,19-20H,3,7-8,15,18H2,1-2H3,(H3,30,31)(H,33,34). The highest BCUT2D eigenvalue weighted by atomic mass is 32.1. The van der Waals surface area contributed by atoms with Gasteiger partial charge in [-0.15, -0.1) is 11.3 Å². The number of nitrogen functional groups attached to an aromatic ring is 1. The van der Waals surface area contributed by atoms with Crippen LogP contribution in [0.25, 0.3) is 11.3 Å². The van der Waals surface area contributed by atoms with Gasteiger partial charge in [-0.2, -0.15) is 0 Å². The van der Waals surface area contributed by atoms with Crippen LogP contribution in [0.2, 0.25) is 0 Å². The van der Waals surface area contributed by atoms with Crippen molar-refractivity contribution < 1.29 is 9.47 Å². The van der Waals surface area contributed by atoms with Crippen LogP contribution in [0, 0.1) is 5.41 Å². The lowest BCUT2D eigenvalue weighted by Gasteiger charge is -2.18. The van der Waals surface area contributed by atoms with E-state index in [9.17, 15) is 0 Å². The molecule has 4 N–H and O–H groups in total. The number of thiazole rings is 1. The summed E-state index contributed by atoms with van der Waals surface area (Å²) in [7, 11) is 0. The van der Waals surface area contributed by atoms with Crippen molar-refractivity contribution >= 4 is 22.3 Å². The third-order valence-corrected chi connectivity index (χ3v) is 6.72. The number of anilines is 1. The maximum atomic E-state index is 7.71. The first kappa shape index (κ1) is 26.2. The second kappa shape index (κ2) is 12.9. The largest absolute Gasteiger partial charge is 0.493 e. The number of para-hydroxylation sites is 1. The smallest absolute Gasteiger partial charge is 0.183 e. The van der Waals surface area contributed by atoms with E-state index in [1.807, 2.05) is 36.5 Å². The van der Waals surface area contributed by atoms with Crippen LogP contribution in [0.15, 0.2) is 72.4 Å². The second-order valence-electron chi connectivity index (χ2n) is 8.77. The summed E-state index contributed by atoms with van der Waals surface area (Å²) in [5.74, 6) is 1.49. The number of rotatable bonds is 13. The van der Waals surface area contributed by atoms with Crippen LogP contribution in [0.5, 0.6) is 11.5 Å². The number of nitrogens with two attached hydrogens (primary N) is 1. The van der Waals surface area contributed by atoms with Gasteiger partial charge in [0.2, 0.25) is 0 Å². The number of hydrogen-bond acceptors (Lipinski definition) is 7. The molecule has 1 unspecified atom stereocenters. The zero-order chi connectivity index (χ0) is 26.0. The van der Waals surface area contributed by atoms with Crippen molar-refractivity contribution in [3.8, 4) is 22.8 Å². The summed E-state index contributed by atoms with van der Waals surface area (Å²) < 4.78 is 12.3. The fraction of sp³-hybridized carbons (Fsp3) is 0.276. The molecule has 0 aliphatic heterocycles. The number of aromatic nitrogens is 2. The fourth-order valence-corrected chi connectivity index (χ4v) is 4.61. The molecule has 0 radical (unpaired) electrons. The van der Waals surface area contributed by atoms with Crippen molar-refractivity contribution in [2.24, 2.45) is 5.73 Å². The Morgan fingerprint density at radius 2 is 1.97 bits per heavy atom. The Balaban J connectivity index is 1.36. The summed E-state index contributed by atoms with van der Waals surface area (Å²) in [5.41, 5.74) is 10.5. The molecule has 0 fully saturated rings. The van der Waals surface area contributed by atoms with Crippen molar-refractivity contribution in [2.45, 2.75) is 45.8 Å². The lowest BCUT2D eigenvalue weighted by Crippen LogP contribution is -2.15. The first-order valence-corrected chi connectivity index (χ1v) is 13.4. The Morgan fingerprint density at radius 3 is 2.76 bits per heavy atom. The molecule has 0 aliphatic carbocycles. The molecule has 2 aromatic carbocycles. The van der Waals surface area contributed by atoms with E-state index in [2.05, 4.69) is 47.7 Å². The number of ether oxygens (including phenoxy) is 2. The minimum Gasteiger partial charge on any atom is -0.493 e. The lowest BCUT2D eigenvalue weighted by molar-refractivity contribution is 0.194. The summed E-state index contributed by atoms with van der Waals surface area (Å²) in [6.07, 6.45) is 6.20. The molecule has 0 spiro atoms. The average Bonchev–Trinajstić information content (AvgIpc) is 3.39. The van der Waals surface area contributed by atoms with E-state index in [-0.39, 0.29) is 11.9 Å². The van der Waals surface area contributed by atoms with Crippen LogP contribution < -0.4 is 20.5 Å². The van der Waals surface area contributed by atoms with E-state index < -0.39 is 0 Å². The fourth-order valence-electron chi connectivity index (χ4n) is 3.90. The van der Waals surface area contributed by atoms with E-state index in [4.69, 9.17) is 25.6 Å². The Bertz CT molecular complexity index is 1310. The monoisotopic (exact) mass is 515 g/mol. The zero-order valence-electron chi connectivity index (χ0n) is 21.2. The van der Waals surface area contributed by atoms with Gasteiger partial charge in [-0.1, -0.05) is 31.2 Å². The Labute approximate surface area is 222 Å². The number of amidine groups is 1. The van der Waals surface area contributed by atoms with Crippen molar-refractivity contribution in [3.63, 3.8) is 0 Å². The van der Waals surface area contributed by atoms with E-state index in [1.165, 1.54) is 5.56 Å². The highest BCUT2D eigenvalue weighted by Gasteiger charge is 2.14. The van der Waals surface area contributed by atoms with Crippen LogP contribution in [0.4, 0.5) is 5.13 Å². The van der Waals surface area contributed by atoms with Crippen molar-refractivity contribution in [1.82, 2.24) is 9.97 Å². The molecular formula is C29H33N5O2S. The molecular weight excluding hydrogens is 482 g/mol. The van der Waals surface area contributed by atoms with Gasteiger partial charge in [0.25, 0.3) is 0 Å². The molecule has 1 atom stereocenters. The van der Waals surface area contributed by atoms with Crippen LogP contribution in [0.3, 0.4) is 0 Å². The molecule has 2 aromatic heterocycles. The molecule has 4 rings (SSSR count). The maximum Gasteiger partial charge on any atom is 0.183 e. The SMILES string of the molecule is CCc1ccc(-c2csc(NCc3cccnc3)n2)c(OC(C)CCCOc2ccccc2C(=N)N)c1. The molecule has 8 heteroatoms. The van der Waals surface area contributed by atoms with Crippen LogP contribution >= 0.6 is 11.3 Å². The van der Waals surface area contributed by atoms with Gasteiger partial charge in [0.05, 0.1) is 24.0 Å². The number of nitrogens with zero attached hydrogens (tertiary/aromatic N) is 2. The van der Waals surface area contributed by atoms with Gasteiger partial charge in [-0.3, -0.25) is 10.4 Å². The minimum absolute atomic E-state index is 0.000631. The molecule has 0 aliphatic rings. The molecule has 0 amide bonds. The van der Waals surface area contributed by atoms with Gasteiger partial charge >= 0.3 is 0 Å². The number of nitrogens with one attached hydrogen (secondary N) is 2. The van der Waals surface area contributed by atoms with Crippen molar-refractivity contribution in [1.29, 1.82) is 5.41 Å². The normalized spacial score (nSPS) is 11.6. The average molecular weight is 516 g/mol. The molecule has 0 saturated heterocycles. The molecule has 4 aromatic rings. The molecule has 0 saturated carbocycles. The lowest BCUT2D eigenvalue weighted by atomic mass is 10.1. The van der Waals surface area contributed by atoms with Gasteiger partial charge < -0.3 is 20.5 Å². The topological polar surface area (TPSA) is 106 Å². The predicted octanol–water partition coefficient (Wildman–Crippen LogP) is 6.29. The van der Waals surface area contributed by atoms with E-state index in [1.54, 1.807) is 23.6 Å². The van der Waals surface area contributed by atoms with Gasteiger partial charge in [-0.25, -0.2) is 4.98 Å². The van der Waals surface area contributed by atoms with E-state index >= 15 is 0 Å². The van der Waals surface area contributed by atoms with Gasteiger partial charge in [0, 0.05) is 29.9 Å². The molecule has 0 bridgehead atoms. The zero-order valence-corrected chi connectivity index (χ0v) is 22.1. The summed E-state index contributed by atoms with van der Waals surface area (Å²) in [5, 5.41) is 14.0. The van der Waals surface area contributed by atoms with E-state index in [0.717, 1.165) is 47.0 Å². The quantitative estimate of drug-likeness (QED) is 0.110. The van der Waals surface area contributed by atoms with Crippen LogP contribution in [-0.2, 0) is 13.0 Å². The first-order chi connectivity index (χ1) is 18.0. The summed E-state index contributed by atoms with van der Waals surface area (Å²) in [6, 6.07) is 17.7. The maximum absolute atomic E-state index is 7.71. The van der Waals surface area contributed by atoms with Crippen molar-refractivity contribution in [3.05, 3.63) is 89.1 Å². The molecule has 192 valence electrons. The van der Waals surface area contributed by atoms with Crippen LogP contribution in [-0.4, -0.2) is 28.5 Å². The Hall–Kier alpha value is -3.91. The number of aryl methyl sites for hydroxylation is 1. The summed E-state index contributed by atoms with van der Waals surface area (Å²) in [4.78, 5) is 8.97. The number of benzene rings is 2. The van der Waals surface area contributed by atoms with Crippen molar-refractivity contribution in [2.75, 3.05) is 11.9 Å². The van der Waals surface area contributed by atoms with E-state index in [0.29, 0.717) is 24.5 Å². The first-order valence-electron chi connectivity index (χ1n) is 12.5. The predicted molar refractivity (Wildman–Crippen MR) is 151 cm³/mol. The second-order valence-corrected chi connectivity index (χ2v) is 9.62. The van der Waals surface area contributed by atoms with Crippen LogP contribution in [0.1, 0.15) is 43.4 Å². The highest BCUT2D eigenvalue weighted by molar-refractivity contribution is 7.14. The molecule has 7 nitrogen and oxygen atoms in total. The third kappa shape index (κ3) is 7.30. The summed E-state index contributed by atoms with van der Waals surface area (Å²) in [6.45, 7) is 5.42. The molecule has 37 heavy (non-hydrogen) atoms. The van der Waals surface area contributed by atoms with Gasteiger partial charge in [-0.05, 0) is 67.6 Å². The third-order valence-electron chi connectivity index (χ3n) is 5.92. The minimum atomic E-state index is -0.000631. The molecule has 2 heterocycles. The van der Waals surface area contributed by atoms with Gasteiger partial charge in [0.1, 0.15) is 17.3 Å². The Morgan fingerprint density at radius 1 is 1.11 bits per heavy atom. The Kier molecular flexibility index (Phi) is 9.10. The number of hydrogen-bond donors (Lipinski definition) is 3.